The summed E-state index contributed by atoms with van der Waals surface area (Å²) in [7, 11) is 0. The molecule has 1 aliphatic carbocycles. The first-order valence-corrected chi connectivity index (χ1v) is 10.4. The number of rotatable bonds is 4. The molecular formula is C18H14N7O2S2+. The highest BCUT2D eigenvalue weighted by Gasteiger charge is 2.36. The summed E-state index contributed by atoms with van der Waals surface area (Å²) >= 11 is 2.58. The minimum absolute atomic E-state index is 0.109. The molecular weight excluding hydrogens is 410 g/mol. The zero-order chi connectivity index (χ0) is 20.1. The van der Waals surface area contributed by atoms with Gasteiger partial charge in [0.2, 0.25) is 5.27 Å². The summed E-state index contributed by atoms with van der Waals surface area (Å²) in [6.07, 6.45) is 3.75. The van der Waals surface area contributed by atoms with E-state index < -0.39 is 5.91 Å². The van der Waals surface area contributed by atoms with Crippen molar-refractivity contribution in [2.45, 2.75) is 18.9 Å². The number of pyridine rings is 1. The summed E-state index contributed by atoms with van der Waals surface area (Å²) in [5.41, 5.74) is 13.5. The van der Waals surface area contributed by atoms with Gasteiger partial charge in [0.15, 0.2) is 6.04 Å². The van der Waals surface area contributed by atoms with E-state index in [0.717, 1.165) is 29.1 Å². The number of anilines is 3. The fourth-order valence-corrected chi connectivity index (χ4v) is 4.90. The molecule has 5 N–H and O–H groups in total. The van der Waals surface area contributed by atoms with Gasteiger partial charge >= 0.3 is 5.88 Å². The summed E-state index contributed by atoms with van der Waals surface area (Å²) in [5.74, 6) is -0.0847. The van der Waals surface area contributed by atoms with Gasteiger partial charge in [-0.3, -0.25) is 14.6 Å². The number of nitrogen functional groups attached to an aromatic ring is 2. The monoisotopic (exact) mass is 424 g/mol. The molecule has 0 radical (unpaired) electrons. The Bertz CT molecular complexity index is 1300. The van der Waals surface area contributed by atoms with Gasteiger partial charge in [-0.15, -0.1) is 22.7 Å². The average molecular weight is 424 g/mol. The summed E-state index contributed by atoms with van der Waals surface area (Å²) < 4.78 is 6.87. The Morgan fingerprint density at radius 2 is 2.24 bits per heavy atom. The van der Waals surface area contributed by atoms with Gasteiger partial charge in [-0.25, -0.2) is 4.98 Å². The molecule has 0 aromatic carbocycles. The van der Waals surface area contributed by atoms with Crippen LogP contribution < -0.4 is 21.5 Å². The van der Waals surface area contributed by atoms with Gasteiger partial charge in [0.25, 0.3) is 12.1 Å². The first-order valence-electron chi connectivity index (χ1n) is 8.71. The molecule has 1 aliphatic rings. The van der Waals surface area contributed by atoms with Crippen LogP contribution in [0.15, 0.2) is 28.2 Å². The SMILES string of the molecule is N#Cc1c(N)nc2sc(C(=O)Nc3c[n+](C4CC4)no3)c(N)c2c1-c1cccs1. The number of carbonyl (C=O) groups is 1. The third kappa shape index (κ3) is 2.89. The summed E-state index contributed by atoms with van der Waals surface area (Å²) in [6, 6.07) is 6.20. The second-order valence-electron chi connectivity index (χ2n) is 6.59. The second-order valence-corrected chi connectivity index (χ2v) is 8.54. The number of hydrogen-bond donors (Lipinski definition) is 3. The molecule has 144 valence electrons. The molecule has 0 saturated heterocycles. The third-order valence-electron chi connectivity index (χ3n) is 4.63. The Kier molecular flexibility index (Phi) is 3.97. The maximum atomic E-state index is 12.8. The van der Waals surface area contributed by atoms with E-state index in [1.54, 1.807) is 10.9 Å². The van der Waals surface area contributed by atoms with Gasteiger partial charge in [0.1, 0.15) is 27.2 Å². The van der Waals surface area contributed by atoms with Crippen LogP contribution in [-0.4, -0.2) is 16.2 Å². The minimum atomic E-state index is -0.432. The van der Waals surface area contributed by atoms with Crippen molar-refractivity contribution in [2.24, 2.45) is 0 Å². The number of thiophene rings is 2. The van der Waals surface area contributed by atoms with Crippen molar-refractivity contribution in [1.82, 2.24) is 10.3 Å². The number of aromatic nitrogens is 3. The van der Waals surface area contributed by atoms with Crippen LogP contribution in [0, 0.1) is 11.3 Å². The van der Waals surface area contributed by atoms with Gasteiger partial charge in [-0.05, 0) is 16.1 Å². The number of amides is 1. The van der Waals surface area contributed by atoms with Crippen LogP contribution in [0.5, 0.6) is 0 Å². The molecule has 1 saturated carbocycles. The molecule has 0 bridgehead atoms. The molecule has 9 nitrogen and oxygen atoms in total. The van der Waals surface area contributed by atoms with E-state index in [1.165, 1.54) is 11.3 Å². The van der Waals surface area contributed by atoms with Crippen LogP contribution >= 0.6 is 22.7 Å². The van der Waals surface area contributed by atoms with Crippen LogP contribution in [0.2, 0.25) is 0 Å². The van der Waals surface area contributed by atoms with Crippen LogP contribution in [0.3, 0.4) is 0 Å². The van der Waals surface area contributed by atoms with Crippen LogP contribution in [0.25, 0.3) is 20.7 Å². The van der Waals surface area contributed by atoms with Crippen LogP contribution in [0.1, 0.15) is 34.1 Å². The number of carbonyl (C=O) groups excluding carboxylic acids is 1. The standard InChI is InChI=1S/C18H13N7O2S2/c19-6-9-12(10-2-1-5-28-10)13-14(20)15(29-18(13)23-16(9)21)17(26)22-11-7-25(24-27-11)8-3-4-8/h1-2,5,7-8H,3-4H2,(H4-,20,21,22,23,24,26)/p+1. The van der Waals surface area contributed by atoms with Crippen molar-refractivity contribution in [2.75, 3.05) is 16.8 Å². The first-order chi connectivity index (χ1) is 14.1. The fraction of sp³-hybridized carbons (Fsp3) is 0.167. The molecule has 4 aromatic rings. The normalized spacial score (nSPS) is 13.5. The molecule has 5 rings (SSSR count). The summed E-state index contributed by atoms with van der Waals surface area (Å²) in [6.45, 7) is 0. The van der Waals surface area contributed by atoms with E-state index in [-0.39, 0.29) is 27.8 Å². The van der Waals surface area contributed by atoms with E-state index in [9.17, 15) is 10.1 Å². The van der Waals surface area contributed by atoms with E-state index >= 15 is 0 Å². The fourth-order valence-electron chi connectivity index (χ4n) is 3.11. The van der Waals surface area contributed by atoms with Crippen molar-refractivity contribution >= 4 is 56.2 Å². The van der Waals surface area contributed by atoms with Gasteiger partial charge in [0.05, 0.1) is 5.69 Å². The second kappa shape index (κ2) is 6.54. The largest absolute Gasteiger partial charge is 0.397 e. The number of hydrogen-bond acceptors (Lipinski definition) is 9. The Hall–Kier alpha value is -3.49. The summed E-state index contributed by atoms with van der Waals surface area (Å²) in [5, 5.41) is 18.6. The predicted octanol–water partition coefficient (Wildman–Crippen LogP) is 2.92. The number of nitrogens with two attached hydrogens (primary N) is 2. The lowest BCUT2D eigenvalue weighted by Crippen LogP contribution is -2.32. The average Bonchev–Trinajstić information content (AvgIpc) is 3.09. The third-order valence-corrected chi connectivity index (χ3v) is 6.62. The molecule has 0 unspecified atom stereocenters. The lowest BCUT2D eigenvalue weighted by atomic mass is 10.0. The number of nitrogens with zero attached hydrogens (tertiary/aromatic N) is 4. The lowest BCUT2D eigenvalue weighted by Gasteiger charge is -2.07. The van der Waals surface area contributed by atoms with Crippen molar-refractivity contribution in [1.29, 1.82) is 5.26 Å². The number of nitriles is 1. The van der Waals surface area contributed by atoms with Crippen molar-refractivity contribution in [3.63, 3.8) is 0 Å². The smallest absolute Gasteiger partial charge is 0.302 e. The Morgan fingerprint density at radius 1 is 1.41 bits per heavy atom. The summed E-state index contributed by atoms with van der Waals surface area (Å²) in [4.78, 5) is 18.7. The molecule has 11 heteroatoms. The quantitative estimate of drug-likeness (QED) is 0.427. The van der Waals surface area contributed by atoms with Gasteiger partial charge in [-0.1, -0.05) is 6.07 Å². The molecule has 0 aliphatic heterocycles. The van der Waals surface area contributed by atoms with Gasteiger partial charge in [0, 0.05) is 28.7 Å². The molecule has 29 heavy (non-hydrogen) atoms. The Labute approximate surface area is 172 Å². The zero-order valence-corrected chi connectivity index (χ0v) is 16.5. The van der Waals surface area contributed by atoms with Gasteiger partial charge < -0.3 is 11.5 Å². The van der Waals surface area contributed by atoms with E-state index in [0.29, 0.717) is 21.8 Å². The molecule has 4 heterocycles. The van der Waals surface area contributed by atoms with Crippen molar-refractivity contribution in [3.05, 3.63) is 34.2 Å². The highest BCUT2D eigenvalue weighted by molar-refractivity contribution is 7.21. The van der Waals surface area contributed by atoms with Gasteiger partial charge in [-0.2, -0.15) is 5.26 Å². The van der Waals surface area contributed by atoms with Crippen molar-refractivity contribution < 1.29 is 14.0 Å². The maximum Gasteiger partial charge on any atom is 0.302 e. The first kappa shape index (κ1) is 17.6. The lowest BCUT2D eigenvalue weighted by molar-refractivity contribution is -0.765. The van der Waals surface area contributed by atoms with Crippen LogP contribution in [-0.2, 0) is 0 Å². The minimum Gasteiger partial charge on any atom is -0.397 e. The van der Waals surface area contributed by atoms with E-state index in [2.05, 4.69) is 21.6 Å². The van der Waals surface area contributed by atoms with E-state index in [1.807, 2.05) is 17.5 Å². The van der Waals surface area contributed by atoms with Crippen LogP contribution in [0.4, 0.5) is 17.4 Å². The topological polar surface area (TPSA) is 148 Å². The van der Waals surface area contributed by atoms with Crippen molar-refractivity contribution in [3.8, 4) is 16.5 Å². The highest BCUT2D eigenvalue weighted by atomic mass is 32.1. The molecule has 1 amide bonds. The molecule has 0 atom stereocenters. The molecule has 0 spiro atoms. The Balaban J connectivity index is 1.60. The highest BCUT2D eigenvalue weighted by Crippen LogP contribution is 2.44. The maximum absolute atomic E-state index is 12.8. The molecule has 4 aromatic heterocycles. The molecule has 1 fully saturated rings. The zero-order valence-electron chi connectivity index (χ0n) is 14.9. The Morgan fingerprint density at radius 3 is 2.93 bits per heavy atom. The predicted molar refractivity (Wildman–Crippen MR) is 109 cm³/mol. The number of nitrogens with one attached hydrogen (secondary N) is 1. The number of fused-ring (bicyclic) bond motifs is 1. The van der Waals surface area contributed by atoms with E-state index in [4.69, 9.17) is 16.0 Å².